The smallest absolute Gasteiger partial charge is 0.264 e. The summed E-state index contributed by atoms with van der Waals surface area (Å²) in [6.07, 6.45) is 0. The van der Waals surface area contributed by atoms with E-state index >= 15 is 0 Å². The number of benzene rings is 3. The van der Waals surface area contributed by atoms with Gasteiger partial charge in [0.2, 0.25) is 0 Å². The number of rotatable bonds is 5. The van der Waals surface area contributed by atoms with E-state index in [0.29, 0.717) is 5.69 Å². The van der Waals surface area contributed by atoms with Gasteiger partial charge in [0.15, 0.2) is 0 Å². The lowest BCUT2D eigenvalue weighted by Gasteiger charge is -2.21. The second-order valence-electron chi connectivity index (χ2n) is 5.77. The highest BCUT2D eigenvalue weighted by Crippen LogP contribution is 2.25. The SMILES string of the molecule is CN(c1ccccc1)S(=O)(=O)c1ccccc1C(=O)Nc1cccc(F)c1. The average molecular weight is 384 g/mol. The highest BCUT2D eigenvalue weighted by molar-refractivity contribution is 7.92. The summed E-state index contributed by atoms with van der Waals surface area (Å²) >= 11 is 0. The summed E-state index contributed by atoms with van der Waals surface area (Å²) in [5.74, 6) is -1.14. The second-order valence-corrected chi connectivity index (χ2v) is 7.71. The predicted molar refractivity (Wildman–Crippen MR) is 103 cm³/mol. The monoisotopic (exact) mass is 384 g/mol. The van der Waals surface area contributed by atoms with Crippen molar-refractivity contribution in [1.29, 1.82) is 0 Å². The first-order chi connectivity index (χ1) is 12.9. The Morgan fingerprint density at radius 3 is 2.30 bits per heavy atom. The standard InChI is InChI=1S/C20H17FN2O3S/c1-23(17-10-3-2-4-11-17)27(25,26)19-13-6-5-12-18(19)20(24)22-16-9-7-8-15(21)14-16/h2-14H,1H3,(H,22,24). The quantitative estimate of drug-likeness (QED) is 0.725. The summed E-state index contributed by atoms with van der Waals surface area (Å²) in [7, 11) is -2.55. The molecule has 0 aliphatic heterocycles. The van der Waals surface area contributed by atoms with Crippen LogP contribution in [0, 0.1) is 5.82 Å². The lowest BCUT2D eigenvalue weighted by molar-refractivity contribution is 0.102. The van der Waals surface area contributed by atoms with Gasteiger partial charge >= 0.3 is 0 Å². The Balaban J connectivity index is 1.97. The van der Waals surface area contributed by atoms with Crippen molar-refractivity contribution in [1.82, 2.24) is 0 Å². The van der Waals surface area contributed by atoms with E-state index in [0.717, 1.165) is 10.4 Å². The van der Waals surface area contributed by atoms with Crippen LogP contribution in [-0.2, 0) is 10.0 Å². The van der Waals surface area contributed by atoms with Crippen LogP contribution in [0.25, 0.3) is 0 Å². The number of para-hydroxylation sites is 1. The zero-order chi connectivity index (χ0) is 19.4. The van der Waals surface area contributed by atoms with Crippen molar-refractivity contribution < 1.29 is 17.6 Å². The number of carbonyl (C=O) groups excluding carboxylic acids is 1. The van der Waals surface area contributed by atoms with E-state index in [1.165, 1.54) is 37.4 Å². The van der Waals surface area contributed by atoms with Crippen LogP contribution < -0.4 is 9.62 Å². The van der Waals surface area contributed by atoms with Gasteiger partial charge in [-0.25, -0.2) is 12.8 Å². The molecule has 0 saturated carbocycles. The maximum atomic E-state index is 13.3. The van der Waals surface area contributed by atoms with Crippen molar-refractivity contribution in [3.63, 3.8) is 0 Å². The van der Waals surface area contributed by atoms with Gasteiger partial charge < -0.3 is 5.32 Å². The zero-order valence-corrected chi connectivity index (χ0v) is 15.3. The molecule has 0 aliphatic rings. The number of nitrogens with one attached hydrogen (secondary N) is 1. The third kappa shape index (κ3) is 3.98. The van der Waals surface area contributed by atoms with E-state index in [1.807, 2.05) is 0 Å². The Hall–Kier alpha value is -3.19. The van der Waals surface area contributed by atoms with Crippen LogP contribution in [-0.4, -0.2) is 21.4 Å². The van der Waals surface area contributed by atoms with Crippen LogP contribution in [0.2, 0.25) is 0 Å². The van der Waals surface area contributed by atoms with Crippen LogP contribution in [0.4, 0.5) is 15.8 Å². The summed E-state index contributed by atoms with van der Waals surface area (Å²) < 4.78 is 40.5. The van der Waals surface area contributed by atoms with Gasteiger partial charge in [0.05, 0.1) is 11.3 Å². The molecule has 5 nitrogen and oxygen atoms in total. The van der Waals surface area contributed by atoms with E-state index in [1.54, 1.807) is 42.5 Å². The molecule has 0 bridgehead atoms. The summed E-state index contributed by atoms with van der Waals surface area (Å²) in [5.41, 5.74) is 0.686. The maximum Gasteiger partial charge on any atom is 0.264 e. The molecule has 0 saturated heterocycles. The number of hydrogen-bond donors (Lipinski definition) is 1. The highest BCUT2D eigenvalue weighted by Gasteiger charge is 2.26. The van der Waals surface area contributed by atoms with Gasteiger partial charge in [-0.2, -0.15) is 0 Å². The molecule has 0 aromatic heterocycles. The number of anilines is 2. The van der Waals surface area contributed by atoms with Crippen molar-refractivity contribution in [3.8, 4) is 0 Å². The first-order valence-corrected chi connectivity index (χ1v) is 9.53. The number of hydrogen-bond acceptors (Lipinski definition) is 3. The van der Waals surface area contributed by atoms with Crippen LogP contribution in [0.3, 0.4) is 0 Å². The molecular formula is C20H17FN2O3S. The summed E-state index contributed by atoms with van der Waals surface area (Å²) in [4.78, 5) is 12.5. The number of carbonyl (C=O) groups is 1. The number of nitrogens with zero attached hydrogens (tertiary/aromatic N) is 1. The maximum absolute atomic E-state index is 13.3. The number of halogens is 1. The molecule has 7 heteroatoms. The molecule has 0 atom stereocenters. The van der Waals surface area contributed by atoms with Gasteiger partial charge in [-0.1, -0.05) is 36.4 Å². The normalized spacial score (nSPS) is 11.0. The molecule has 3 rings (SSSR count). The van der Waals surface area contributed by atoms with E-state index in [-0.39, 0.29) is 16.1 Å². The van der Waals surface area contributed by atoms with Gasteiger partial charge in [0.1, 0.15) is 10.7 Å². The van der Waals surface area contributed by atoms with Crippen molar-refractivity contribution in [2.45, 2.75) is 4.90 Å². The van der Waals surface area contributed by atoms with Crippen molar-refractivity contribution >= 4 is 27.3 Å². The molecule has 0 unspecified atom stereocenters. The topological polar surface area (TPSA) is 66.5 Å². The predicted octanol–water partition coefficient (Wildman–Crippen LogP) is 3.90. The largest absolute Gasteiger partial charge is 0.322 e. The summed E-state index contributed by atoms with van der Waals surface area (Å²) in [6.45, 7) is 0. The minimum absolute atomic E-state index is 0.0236. The molecule has 0 heterocycles. The fraction of sp³-hybridized carbons (Fsp3) is 0.0500. The molecule has 1 N–H and O–H groups in total. The molecule has 1 amide bonds. The molecule has 27 heavy (non-hydrogen) atoms. The van der Waals surface area contributed by atoms with Crippen LogP contribution in [0.5, 0.6) is 0 Å². The highest BCUT2D eigenvalue weighted by atomic mass is 32.2. The second kappa shape index (κ2) is 7.59. The molecule has 3 aromatic carbocycles. The Morgan fingerprint density at radius 2 is 1.59 bits per heavy atom. The van der Waals surface area contributed by atoms with Crippen molar-refractivity contribution in [2.24, 2.45) is 0 Å². The molecule has 138 valence electrons. The van der Waals surface area contributed by atoms with Gasteiger partial charge in [-0.3, -0.25) is 9.10 Å². The zero-order valence-electron chi connectivity index (χ0n) is 14.5. The average Bonchev–Trinajstić information content (AvgIpc) is 2.68. The van der Waals surface area contributed by atoms with Crippen LogP contribution in [0.1, 0.15) is 10.4 Å². The molecule has 0 spiro atoms. The Morgan fingerprint density at radius 1 is 0.926 bits per heavy atom. The minimum Gasteiger partial charge on any atom is -0.322 e. The Kier molecular flexibility index (Phi) is 5.23. The fourth-order valence-electron chi connectivity index (χ4n) is 2.57. The molecular weight excluding hydrogens is 367 g/mol. The van der Waals surface area contributed by atoms with E-state index < -0.39 is 21.7 Å². The molecule has 0 fully saturated rings. The van der Waals surface area contributed by atoms with E-state index in [4.69, 9.17) is 0 Å². The first-order valence-electron chi connectivity index (χ1n) is 8.09. The number of sulfonamides is 1. The van der Waals surface area contributed by atoms with Gasteiger partial charge in [-0.15, -0.1) is 0 Å². The lowest BCUT2D eigenvalue weighted by Crippen LogP contribution is -2.28. The van der Waals surface area contributed by atoms with E-state index in [9.17, 15) is 17.6 Å². The summed E-state index contributed by atoms with van der Waals surface area (Å²) in [6, 6.07) is 19.8. The van der Waals surface area contributed by atoms with E-state index in [2.05, 4.69) is 5.32 Å². The van der Waals surface area contributed by atoms with Crippen molar-refractivity contribution in [2.75, 3.05) is 16.7 Å². The minimum atomic E-state index is -3.97. The first kappa shape index (κ1) is 18.6. The lowest BCUT2D eigenvalue weighted by atomic mass is 10.2. The molecule has 0 radical (unpaired) electrons. The third-order valence-electron chi connectivity index (χ3n) is 3.97. The van der Waals surface area contributed by atoms with Crippen LogP contribution >= 0.6 is 0 Å². The van der Waals surface area contributed by atoms with Crippen LogP contribution in [0.15, 0.2) is 83.8 Å². The Labute approximate surface area is 157 Å². The fourth-order valence-corrected chi connectivity index (χ4v) is 3.95. The van der Waals surface area contributed by atoms with Gasteiger partial charge in [0.25, 0.3) is 15.9 Å². The van der Waals surface area contributed by atoms with Crippen molar-refractivity contribution in [3.05, 3.63) is 90.2 Å². The Bertz CT molecular complexity index is 1070. The molecule has 3 aromatic rings. The number of amides is 1. The molecule has 0 aliphatic carbocycles. The third-order valence-corrected chi connectivity index (χ3v) is 5.82. The van der Waals surface area contributed by atoms with Gasteiger partial charge in [0, 0.05) is 12.7 Å². The van der Waals surface area contributed by atoms with Gasteiger partial charge in [-0.05, 0) is 42.5 Å². The summed E-state index contributed by atoms with van der Waals surface area (Å²) in [5, 5.41) is 2.53.